The van der Waals surface area contributed by atoms with Crippen molar-refractivity contribution in [2.45, 2.75) is 24.8 Å². The molecule has 3 atom stereocenters. The van der Waals surface area contributed by atoms with Crippen LogP contribution in [0.3, 0.4) is 0 Å². The summed E-state index contributed by atoms with van der Waals surface area (Å²) in [5, 5.41) is 0. The lowest BCUT2D eigenvalue weighted by Crippen LogP contribution is -2.25. The first-order valence-electron chi connectivity index (χ1n) is 5.07. The molecule has 1 fully saturated rings. The number of carbonyl (C=O) groups is 1. The van der Waals surface area contributed by atoms with Gasteiger partial charge in [-0.15, -0.1) is 0 Å². The van der Waals surface area contributed by atoms with Gasteiger partial charge in [0.05, 0.1) is 0 Å². The lowest BCUT2D eigenvalue weighted by molar-refractivity contribution is -0.111. The first kappa shape index (κ1) is 9.41. The SMILES string of the molecule is NC1CC(c2ccccc2)CC1C=O. The van der Waals surface area contributed by atoms with E-state index < -0.39 is 0 Å². The lowest BCUT2D eigenvalue weighted by Gasteiger charge is -2.08. The molecule has 1 aromatic carbocycles. The Hall–Kier alpha value is -1.15. The van der Waals surface area contributed by atoms with E-state index in [1.165, 1.54) is 5.56 Å². The standard InChI is InChI=1S/C12H15NO/c13-12-7-10(6-11(12)8-14)9-4-2-1-3-5-9/h1-5,8,10-12H,6-7,13H2. The van der Waals surface area contributed by atoms with Gasteiger partial charge < -0.3 is 10.5 Å². The summed E-state index contributed by atoms with van der Waals surface area (Å²) >= 11 is 0. The van der Waals surface area contributed by atoms with Gasteiger partial charge in [0, 0.05) is 12.0 Å². The molecule has 0 aliphatic heterocycles. The molecule has 2 N–H and O–H groups in total. The Bertz CT molecular complexity index is 309. The van der Waals surface area contributed by atoms with Crippen molar-refractivity contribution in [3.63, 3.8) is 0 Å². The second kappa shape index (κ2) is 3.93. The van der Waals surface area contributed by atoms with Gasteiger partial charge in [-0.2, -0.15) is 0 Å². The molecule has 0 bridgehead atoms. The highest BCUT2D eigenvalue weighted by atomic mass is 16.1. The van der Waals surface area contributed by atoms with Crippen molar-refractivity contribution in [2.24, 2.45) is 11.7 Å². The van der Waals surface area contributed by atoms with E-state index in [9.17, 15) is 4.79 Å². The highest BCUT2D eigenvalue weighted by Crippen LogP contribution is 2.36. The minimum absolute atomic E-state index is 0.0534. The number of nitrogens with two attached hydrogens (primary N) is 1. The monoisotopic (exact) mass is 189 g/mol. The van der Waals surface area contributed by atoms with Gasteiger partial charge in [0.2, 0.25) is 0 Å². The molecule has 3 unspecified atom stereocenters. The summed E-state index contributed by atoms with van der Waals surface area (Å²) in [5.41, 5.74) is 7.20. The molecular weight excluding hydrogens is 174 g/mol. The third-order valence-electron chi connectivity index (χ3n) is 3.11. The summed E-state index contributed by atoms with van der Waals surface area (Å²) < 4.78 is 0. The normalized spacial score (nSPS) is 31.6. The number of rotatable bonds is 2. The Labute approximate surface area is 84.1 Å². The summed E-state index contributed by atoms with van der Waals surface area (Å²) in [6, 6.07) is 10.4. The molecule has 1 aromatic rings. The fourth-order valence-electron chi connectivity index (χ4n) is 2.26. The van der Waals surface area contributed by atoms with Crippen LogP contribution >= 0.6 is 0 Å². The van der Waals surface area contributed by atoms with E-state index in [4.69, 9.17) is 5.73 Å². The van der Waals surface area contributed by atoms with Crippen molar-refractivity contribution in [2.75, 3.05) is 0 Å². The van der Waals surface area contributed by atoms with E-state index >= 15 is 0 Å². The van der Waals surface area contributed by atoms with Crippen LogP contribution in [0.15, 0.2) is 30.3 Å². The van der Waals surface area contributed by atoms with E-state index in [1.54, 1.807) is 0 Å². The smallest absolute Gasteiger partial charge is 0.124 e. The molecule has 0 amide bonds. The Morgan fingerprint density at radius 3 is 2.50 bits per heavy atom. The van der Waals surface area contributed by atoms with Crippen molar-refractivity contribution in [1.29, 1.82) is 0 Å². The molecule has 0 saturated heterocycles. The average molecular weight is 189 g/mol. The van der Waals surface area contributed by atoms with Gasteiger partial charge in [0.1, 0.15) is 6.29 Å². The molecule has 1 aliphatic carbocycles. The van der Waals surface area contributed by atoms with Crippen LogP contribution in [-0.4, -0.2) is 12.3 Å². The molecule has 2 nitrogen and oxygen atoms in total. The lowest BCUT2D eigenvalue weighted by atomic mass is 9.97. The maximum absolute atomic E-state index is 10.7. The number of benzene rings is 1. The fourth-order valence-corrected chi connectivity index (χ4v) is 2.26. The second-order valence-electron chi connectivity index (χ2n) is 4.04. The molecule has 14 heavy (non-hydrogen) atoms. The molecular formula is C12H15NO. The minimum Gasteiger partial charge on any atom is -0.327 e. The van der Waals surface area contributed by atoms with Crippen LogP contribution in [0.2, 0.25) is 0 Å². The third-order valence-corrected chi connectivity index (χ3v) is 3.11. The minimum atomic E-state index is 0.0534. The van der Waals surface area contributed by atoms with E-state index in [0.717, 1.165) is 19.1 Å². The van der Waals surface area contributed by atoms with E-state index in [2.05, 4.69) is 12.1 Å². The highest BCUT2D eigenvalue weighted by molar-refractivity contribution is 5.56. The predicted octanol–water partition coefficient (Wildman–Crippen LogP) is 1.71. The third kappa shape index (κ3) is 1.70. The maximum Gasteiger partial charge on any atom is 0.124 e. The Balaban J connectivity index is 2.12. The Morgan fingerprint density at radius 1 is 1.21 bits per heavy atom. The fraction of sp³-hybridized carbons (Fsp3) is 0.417. The quantitative estimate of drug-likeness (QED) is 0.720. The molecule has 0 heterocycles. The van der Waals surface area contributed by atoms with Crippen molar-refractivity contribution < 1.29 is 4.79 Å². The van der Waals surface area contributed by atoms with Crippen LogP contribution in [-0.2, 0) is 4.79 Å². The number of hydrogen-bond donors (Lipinski definition) is 1. The maximum atomic E-state index is 10.7. The van der Waals surface area contributed by atoms with Crippen molar-refractivity contribution in [1.82, 2.24) is 0 Å². The zero-order chi connectivity index (χ0) is 9.97. The molecule has 0 radical (unpaired) electrons. The molecule has 1 aliphatic rings. The summed E-state index contributed by atoms with van der Waals surface area (Å²) in [6.45, 7) is 0. The van der Waals surface area contributed by atoms with Crippen molar-refractivity contribution in [3.8, 4) is 0 Å². The topological polar surface area (TPSA) is 43.1 Å². The van der Waals surface area contributed by atoms with Crippen LogP contribution in [0, 0.1) is 5.92 Å². The number of carbonyl (C=O) groups excluding carboxylic acids is 1. The van der Waals surface area contributed by atoms with E-state index in [1.807, 2.05) is 18.2 Å². The van der Waals surface area contributed by atoms with Crippen LogP contribution in [0.25, 0.3) is 0 Å². The molecule has 74 valence electrons. The molecule has 2 heteroatoms. The summed E-state index contributed by atoms with van der Waals surface area (Å²) in [6.07, 6.45) is 2.86. The first-order chi connectivity index (χ1) is 6.81. The van der Waals surface area contributed by atoms with Gasteiger partial charge >= 0.3 is 0 Å². The van der Waals surface area contributed by atoms with Gasteiger partial charge in [0.25, 0.3) is 0 Å². The van der Waals surface area contributed by atoms with Crippen LogP contribution < -0.4 is 5.73 Å². The zero-order valence-electron chi connectivity index (χ0n) is 8.10. The average Bonchev–Trinajstić information content (AvgIpc) is 2.61. The molecule has 0 aromatic heterocycles. The number of aldehydes is 1. The van der Waals surface area contributed by atoms with Gasteiger partial charge in [-0.1, -0.05) is 30.3 Å². The zero-order valence-corrected chi connectivity index (χ0v) is 8.10. The number of hydrogen-bond acceptors (Lipinski definition) is 2. The van der Waals surface area contributed by atoms with E-state index in [0.29, 0.717) is 5.92 Å². The van der Waals surface area contributed by atoms with Crippen molar-refractivity contribution in [3.05, 3.63) is 35.9 Å². The van der Waals surface area contributed by atoms with Crippen LogP contribution in [0.5, 0.6) is 0 Å². The Kier molecular flexibility index (Phi) is 2.64. The van der Waals surface area contributed by atoms with Gasteiger partial charge in [-0.05, 0) is 24.3 Å². The second-order valence-corrected chi connectivity index (χ2v) is 4.04. The van der Waals surface area contributed by atoms with Crippen LogP contribution in [0.1, 0.15) is 24.3 Å². The van der Waals surface area contributed by atoms with Gasteiger partial charge in [-0.25, -0.2) is 0 Å². The molecule has 0 spiro atoms. The van der Waals surface area contributed by atoms with Crippen LogP contribution in [0.4, 0.5) is 0 Å². The summed E-state index contributed by atoms with van der Waals surface area (Å²) in [7, 11) is 0. The highest BCUT2D eigenvalue weighted by Gasteiger charge is 2.31. The van der Waals surface area contributed by atoms with Gasteiger partial charge in [0.15, 0.2) is 0 Å². The van der Waals surface area contributed by atoms with Crippen molar-refractivity contribution >= 4 is 6.29 Å². The van der Waals surface area contributed by atoms with Gasteiger partial charge in [-0.3, -0.25) is 0 Å². The summed E-state index contributed by atoms with van der Waals surface area (Å²) in [4.78, 5) is 10.7. The van der Waals surface area contributed by atoms with E-state index in [-0.39, 0.29) is 12.0 Å². The largest absolute Gasteiger partial charge is 0.327 e. The predicted molar refractivity (Wildman–Crippen MR) is 55.9 cm³/mol. The first-order valence-corrected chi connectivity index (χ1v) is 5.07. The molecule has 1 saturated carbocycles. The Morgan fingerprint density at radius 2 is 1.93 bits per heavy atom. The molecule has 2 rings (SSSR count). The summed E-state index contributed by atoms with van der Waals surface area (Å²) in [5.74, 6) is 0.529.